The summed E-state index contributed by atoms with van der Waals surface area (Å²) in [6.07, 6.45) is 4.15. The van der Waals surface area contributed by atoms with E-state index in [1.54, 1.807) is 6.07 Å². The summed E-state index contributed by atoms with van der Waals surface area (Å²) in [5.74, 6) is 1.16. The fourth-order valence-corrected chi connectivity index (χ4v) is 4.13. The van der Waals surface area contributed by atoms with E-state index in [4.69, 9.17) is 5.73 Å². The van der Waals surface area contributed by atoms with Gasteiger partial charge in [-0.3, -0.25) is 4.79 Å². The minimum absolute atomic E-state index is 0. The van der Waals surface area contributed by atoms with Crippen LogP contribution in [0.5, 0.6) is 0 Å². The topological polar surface area (TPSA) is 113 Å². The first-order chi connectivity index (χ1) is 12.4. The molecule has 152 valence electrons. The van der Waals surface area contributed by atoms with E-state index in [-0.39, 0.29) is 36.4 Å². The van der Waals surface area contributed by atoms with Crippen molar-refractivity contribution in [3.8, 4) is 0 Å². The average molecular weight is 398 g/mol. The SMILES string of the molecule is CC(C)Cc1cc(C(=O)NC(C2CCNCC2)C2CC(O)C2)nc(N)n1.Cl. The van der Waals surface area contributed by atoms with Gasteiger partial charge in [0.05, 0.1) is 6.10 Å². The molecule has 8 heteroatoms. The molecule has 2 aliphatic rings. The van der Waals surface area contributed by atoms with E-state index in [2.05, 4.69) is 34.4 Å². The van der Waals surface area contributed by atoms with Crippen LogP contribution in [0.15, 0.2) is 6.07 Å². The van der Waals surface area contributed by atoms with Gasteiger partial charge in [-0.25, -0.2) is 9.97 Å². The van der Waals surface area contributed by atoms with Crippen LogP contribution in [-0.2, 0) is 6.42 Å². The molecule has 1 atom stereocenters. The number of carbonyl (C=O) groups excluding carboxylic acids is 1. The van der Waals surface area contributed by atoms with Crippen LogP contribution >= 0.6 is 12.4 Å². The van der Waals surface area contributed by atoms with E-state index in [9.17, 15) is 9.90 Å². The molecule has 2 heterocycles. The molecule has 1 aliphatic carbocycles. The number of aliphatic hydroxyl groups excluding tert-OH is 1. The Kier molecular flexibility index (Phi) is 7.82. The summed E-state index contributed by atoms with van der Waals surface area (Å²) in [5.41, 5.74) is 6.96. The number of hydrogen-bond acceptors (Lipinski definition) is 6. The predicted molar refractivity (Wildman–Crippen MR) is 108 cm³/mol. The smallest absolute Gasteiger partial charge is 0.270 e. The second-order valence-corrected chi connectivity index (χ2v) is 8.17. The molecule has 1 amide bonds. The summed E-state index contributed by atoms with van der Waals surface area (Å²) in [6.45, 7) is 6.16. The first-order valence-electron chi connectivity index (χ1n) is 9.75. The third-order valence-electron chi connectivity index (χ3n) is 5.49. The van der Waals surface area contributed by atoms with Gasteiger partial charge in [-0.1, -0.05) is 13.8 Å². The minimum atomic E-state index is -0.228. The minimum Gasteiger partial charge on any atom is -0.393 e. The first kappa shape index (κ1) is 21.9. The molecule has 1 saturated heterocycles. The third kappa shape index (κ3) is 5.77. The van der Waals surface area contributed by atoms with Crippen LogP contribution in [0.3, 0.4) is 0 Å². The number of amides is 1. The fraction of sp³-hybridized carbons (Fsp3) is 0.737. The number of aromatic nitrogens is 2. The lowest BCUT2D eigenvalue weighted by Crippen LogP contribution is -2.53. The van der Waals surface area contributed by atoms with Crippen LogP contribution in [0.1, 0.15) is 55.7 Å². The number of hydrogen-bond donors (Lipinski definition) is 4. The highest BCUT2D eigenvalue weighted by Gasteiger charge is 2.39. The van der Waals surface area contributed by atoms with Crippen LogP contribution < -0.4 is 16.4 Å². The van der Waals surface area contributed by atoms with Gasteiger partial charge < -0.3 is 21.5 Å². The van der Waals surface area contributed by atoms with Gasteiger partial charge in [0.15, 0.2) is 0 Å². The Labute approximate surface area is 167 Å². The van der Waals surface area contributed by atoms with Crippen molar-refractivity contribution in [1.29, 1.82) is 0 Å². The van der Waals surface area contributed by atoms with E-state index < -0.39 is 0 Å². The standard InChI is InChI=1S/C19H31N5O2.ClH/c1-11(2)7-14-10-16(23-19(20)22-14)18(26)24-17(13-8-15(25)9-13)12-3-5-21-6-4-12;/h10-13,15,17,21,25H,3-9H2,1-2H3,(H,24,26)(H2,20,22,23);1H. The summed E-state index contributed by atoms with van der Waals surface area (Å²) in [6, 6.07) is 1.83. The highest BCUT2D eigenvalue weighted by molar-refractivity contribution is 5.92. The van der Waals surface area contributed by atoms with E-state index in [1.807, 2.05) is 0 Å². The first-order valence-corrected chi connectivity index (χ1v) is 9.75. The van der Waals surface area contributed by atoms with Crippen molar-refractivity contribution in [2.24, 2.45) is 17.8 Å². The van der Waals surface area contributed by atoms with Gasteiger partial charge in [0.25, 0.3) is 5.91 Å². The average Bonchev–Trinajstić information content (AvgIpc) is 2.56. The van der Waals surface area contributed by atoms with Gasteiger partial charge in [-0.2, -0.15) is 0 Å². The lowest BCUT2D eigenvalue weighted by molar-refractivity contribution is 0.00913. The summed E-state index contributed by atoms with van der Waals surface area (Å²) in [4.78, 5) is 21.3. The van der Waals surface area contributed by atoms with Crippen LogP contribution in [0.25, 0.3) is 0 Å². The Morgan fingerprint density at radius 3 is 2.56 bits per heavy atom. The molecule has 2 fully saturated rings. The molecule has 0 bridgehead atoms. The van der Waals surface area contributed by atoms with Gasteiger partial charge in [-0.05, 0) is 69.0 Å². The van der Waals surface area contributed by atoms with Gasteiger partial charge in [0.1, 0.15) is 5.69 Å². The van der Waals surface area contributed by atoms with E-state index in [1.165, 1.54) is 0 Å². The fourth-order valence-electron chi connectivity index (χ4n) is 4.13. The number of halogens is 1. The van der Waals surface area contributed by atoms with Gasteiger partial charge in [0, 0.05) is 11.7 Å². The van der Waals surface area contributed by atoms with Crippen molar-refractivity contribution in [2.75, 3.05) is 18.8 Å². The lowest BCUT2D eigenvalue weighted by Gasteiger charge is -2.43. The summed E-state index contributed by atoms with van der Waals surface area (Å²) in [5, 5.41) is 16.3. The summed E-state index contributed by atoms with van der Waals surface area (Å²) in [7, 11) is 0. The van der Waals surface area contributed by atoms with Crippen molar-refractivity contribution in [3.05, 3.63) is 17.5 Å². The number of rotatable bonds is 6. The predicted octanol–water partition coefficient (Wildman–Crippen LogP) is 1.55. The second-order valence-electron chi connectivity index (χ2n) is 8.17. The summed E-state index contributed by atoms with van der Waals surface area (Å²) >= 11 is 0. The molecule has 0 spiro atoms. The maximum Gasteiger partial charge on any atom is 0.270 e. The Hall–Kier alpha value is -1.44. The Bertz CT molecular complexity index is 631. The number of nitrogens with zero attached hydrogens (tertiary/aromatic N) is 2. The molecule has 1 saturated carbocycles. The number of anilines is 1. The number of nitrogen functional groups attached to an aromatic ring is 1. The number of piperidine rings is 1. The number of carbonyl (C=O) groups is 1. The zero-order chi connectivity index (χ0) is 18.7. The second kappa shape index (κ2) is 9.66. The van der Waals surface area contributed by atoms with Gasteiger partial charge in [0.2, 0.25) is 5.95 Å². The summed E-state index contributed by atoms with van der Waals surface area (Å²) < 4.78 is 0. The van der Waals surface area contributed by atoms with Crippen LogP contribution in [-0.4, -0.2) is 46.2 Å². The molecular weight excluding hydrogens is 366 g/mol. The lowest BCUT2D eigenvalue weighted by atomic mass is 9.71. The zero-order valence-electron chi connectivity index (χ0n) is 16.1. The maximum absolute atomic E-state index is 12.9. The molecule has 1 aromatic rings. The number of aliphatic hydroxyl groups is 1. The van der Waals surface area contributed by atoms with Crippen LogP contribution in [0.2, 0.25) is 0 Å². The Morgan fingerprint density at radius 1 is 1.30 bits per heavy atom. The molecular formula is C19H32ClN5O2. The van der Waals surface area contributed by atoms with Crippen LogP contribution in [0.4, 0.5) is 5.95 Å². The van der Waals surface area contributed by atoms with Crippen molar-refractivity contribution in [2.45, 2.75) is 58.1 Å². The molecule has 1 unspecified atom stereocenters. The Morgan fingerprint density at radius 2 is 1.96 bits per heavy atom. The van der Waals surface area contributed by atoms with Gasteiger partial charge in [-0.15, -0.1) is 12.4 Å². The molecule has 1 aromatic heterocycles. The normalized spacial score (nSPS) is 24.0. The quantitative estimate of drug-likeness (QED) is 0.579. The van der Waals surface area contributed by atoms with E-state index in [0.717, 1.165) is 50.9 Å². The largest absolute Gasteiger partial charge is 0.393 e. The van der Waals surface area contributed by atoms with Crippen molar-refractivity contribution < 1.29 is 9.90 Å². The molecule has 7 nitrogen and oxygen atoms in total. The Balaban J connectivity index is 0.00000261. The zero-order valence-corrected chi connectivity index (χ0v) is 17.0. The van der Waals surface area contributed by atoms with Crippen molar-refractivity contribution in [3.63, 3.8) is 0 Å². The van der Waals surface area contributed by atoms with Crippen molar-refractivity contribution >= 4 is 24.3 Å². The molecule has 0 aromatic carbocycles. The molecule has 0 radical (unpaired) electrons. The van der Waals surface area contributed by atoms with E-state index >= 15 is 0 Å². The highest BCUT2D eigenvalue weighted by atomic mass is 35.5. The van der Waals surface area contributed by atoms with Crippen molar-refractivity contribution in [1.82, 2.24) is 20.6 Å². The highest BCUT2D eigenvalue weighted by Crippen LogP contribution is 2.35. The maximum atomic E-state index is 12.9. The molecule has 1 aliphatic heterocycles. The number of nitrogens with two attached hydrogens (primary N) is 1. The molecule has 5 N–H and O–H groups in total. The van der Waals surface area contributed by atoms with E-state index in [0.29, 0.717) is 23.4 Å². The monoisotopic (exact) mass is 397 g/mol. The van der Waals surface area contributed by atoms with Gasteiger partial charge >= 0.3 is 0 Å². The molecule has 27 heavy (non-hydrogen) atoms. The van der Waals surface area contributed by atoms with Crippen LogP contribution in [0, 0.1) is 17.8 Å². The number of nitrogens with one attached hydrogen (secondary N) is 2. The third-order valence-corrected chi connectivity index (χ3v) is 5.49. The molecule has 3 rings (SSSR count).